The van der Waals surface area contributed by atoms with Crippen molar-refractivity contribution >= 4 is 11.6 Å². The minimum absolute atomic E-state index is 0.113. The molecule has 0 bridgehead atoms. The van der Waals surface area contributed by atoms with E-state index in [1.165, 1.54) is 0 Å². The molecule has 0 aliphatic rings. The fraction of sp³-hybridized carbons (Fsp3) is 0.143. The monoisotopic (exact) mass is 339 g/mol. The third-order valence-corrected chi connectivity index (χ3v) is 3.53. The number of halogens is 4. The lowest BCUT2D eigenvalue weighted by atomic mass is 9.94. The van der Waals surface area contributed by atoms with E-state index in [0.717, 1.165) is 17.8 Å². The Kier molecular flexibility index (Phi) is 3.99. The quantitative estimate of drug-likeness (QED) is 0.793. The van der Waals surface area contributed by atoms with Crippen molar-refractivity contribution in [1.82, 2.24) is 25.6 Å². The van der Waals surface area contributed by atoms with Gasteiger partial charge in [0.15, 0.2) is 5.82 Å². The molecule has 1 aromatic carbocycles. The molecule has 2 heterocycles. The second-order valence-electron chi connectivity index (χ2n) is 4.70. The van der Waals surface area contributed by atoms with E-state index >= 15 is 0 Å². The molecular weight excluding hydrogens is 331 g/mol. The molecule has 0 saturated carbocycles. The molecule has 1 atom stereocenters. The molecule has 0 aliphatic heterocycles. The maximum atomic E-state index is 12.8. The van der Waals surface area contributed by atoms with Gasteiger partial charge in [0.1, 0.15) is 0 Å². The van der Waals surface area contributed by atoms with Crippen molar-refractivity contribution in [2.24, 2.45) is 0 Å². The Morgan fingerprint density at radius 3 is 2.43 bits per heavy atom. The first-order valence-electron chi connectivity index (χ1n) is 6.47. The Bertz CT molecular complexity index is 790. The van der Waals surface area contributed by atoms with Gasteiger partial charge in [-0.15, -0.1) is 10.2 Å². The van der Waals surface area contributed by atoms with Crippen LogP contribution in [0.15, 0.2) is 42.6 Å². The SMILES string of the molecule is FC(F)(F)c1cnc(C(c2ccccc2)c2nn[nH]n2)c(Cl)c1. The topological polar surface area (TPSA) is 67.3 Å². The van der Waals surface area contributed by atoms with Crippen LogP contribution in [0.25, 0.3) is 0 Å². The van der Waals surface area contributed by atoms with Crippen LogP contribution in [0.4, 0.5) is 13.2 Å². The van der Waals surface area contributed by atoms with Crippen LogP contribution < -0.4 is 0 Å². The van der Waals surface area contributed by atoms with Crippen molar-refractivity contribution in [2.45, 2.75) is 12.1 Å². The van der Waals surface area contributed by atoms with Crippen LogP contribution in [-0.4, -0.2) is 25.6 Å². The number of tetrazole rings is 1. The highest BCUT2D eigenvalue weighted by Crippen LogP contribution is 2.36. The molecule has 9 heteroatoms. The highest BCUT2D eigenvalue weighted by Gasteiger charge is 2.33. The first-order valence-corrected chi connectivity index (χ1v) is 6.85. The zero-order chi connectivity index (χ0) is 16.4. The molecule has 0 radical (unpaired) electrons. The Balaban J connectivity index is 2.12. The van der Waals surface area contributed by atoms with Gasteiger partial charge in [-0.2, -0.15) is 18.4 Å². The van der Waals surface area contributed by atoms with E-state index in [1.54, 1.807) is 24.3 Å². The van der Waals surface area contributed by atoms with Gasteiger partial charge in [0.2, 0.25) is 0 Å². The van der Waals surface area contributed by atoms with Gasteiger partial charge in [-0.1, -0.05) is 47.1 Å². The van der Waals surface area contributed by atoms with Gasteiger partial charge in [-0.05, 0) is 11.6 Å². The van der Waals surface area contributed by atoms with Crippen LogP contribution >= 0.6 is 11.6 Å². The third kappa shape index (κ3) is 3.16. The number of hydrogen-bond acceptors (Lipinski definition) is 4. The highest BCUT2D eigenvalue weighted by molar-refractivity contribution is 6.31. The Hall–Kier alpha value is -2.48. The van der Waals surface area contributed by atoms with Crippen molar-refractivity contribution in [1.29, 1.82) is 0 Å². The molecule has 0 saturated heterocycles. The van der Waals surface area contributed by atoms with Gasteiger partial charge in [0, 0.05) is 6.20 Å². The maximum Gasteiger partial charge on any atom is 0.417 e. The number of alkyl halides is 3. The zero-order valence-electron chi connectivity index (χ0n) is 11.4. The lowest BCUT2D eigenvalue weighted by Gasteiger charge is -2.16. The average molecular weight is 340 g/mol. The molecule has 2 aromatic heterocycles. The number of rotatable bonds is 3. The summed E-state index contributed by atoms with van der Waals surface area (Å²) in [6.07, 6.45) is -3.76. The predicted molar refractivity (Wildman–Crippen MR) is 75.8 cm³/mol. The average Bonchev–Trinajstić information content (AvgIpc) is 3.03. The number of H-pyrrole nitrogens is 1. The normalized spacial score (nSPS) is 13.0. The second kappa shape index (κ2) is 5.96. The Labute approximate surface area is 133 Å². The van der Waals surface area contributed by atoms with Crippen LogP contribution in [0.1, 0.15) is 28.6 Å². The van der Waals surface area contributed by atoms with Crippen LogP contribution in [0.3, 0.4) is 0 Å². The zero-order valence-corrected chi connectivity index (χ0v) is 12.2. The van der Waals surface area contributed by atoms with Crippen molar-refractivity contribution in [3.63, 3.8) is 0 Å². The summed E-state index contributed by atoms with van der Waals surface area (Å²) in [6.45, 7) is 0. The van der Waals surface area contributed by atoms with Crippen LogP contribution in [-0.2, 0) is 6.18 Å². The molecule has 118 valence electrons. The summed E-state index contributed by atoms with van der Waals surface area (Å²) in [5.74, 6) is -0.352. The highest BCUT2D eigenvalue weighted by atomic mass is 35.5. The summed E-state index contributed by atoms with van der Waals surface area (Å²) in [5.41, 5.74) is 0.0569. The van der Waals surface area contributed by atoms with E-state index in [4.69, 9.17) is 11.6 Å². The van der Waals surface area contributed by atoms with Crippen molar-refractivity contribution in [3.8, 4) is 0 Å². The third-order valence-electron chi connectivity index (χ3n) is 3.22. The maximum absolute atomic E-state index is 12.8. The fourth-order valence-electron chi connectivity index (χ4n) is 2.18. The molecule has 3 aromatic rings. The van der Waals surface area contributed by atoms with Gasteiger partial charge in [-0.25, -0.2) is 0 Å². The predicted octanol–water partition coefficient (Wildman–Crippen LogP) is 3.45. The lowest BCUT2D eigenvalue weighted by Crippen LogP contribution is -2.11. The standard InChI is InChI=1S/C14H9ClF3N5/c15-10-6-9(14(16,17)18)7-19-12(10)11(13-20-22-23-21-13)8-4-2-1-3-5-8/h1-7,11H,(H,20,21,22,23). The number of aromatic amines is 1. The van der Waals surface area contributed by atoms with Crippen molar-refractivity contribution in [2.75, 3.05) is 0 Å². The van der Waals surface area contributed by atoms with E-state index in [1.807, 2.05) is 6.07 Å². The van der Waals surface area contributed by atoms with E-state index in [-0.39, 0.29) is 16.5 Å². The van der Waals surface area contributed by atoms with E-state index in [9.17, 15) is 13.2 Å². The molecule has 0 amide bonds. The summed E-state index contributed by atoms with van der Waals surface area (Å²) in [4.78, 5) is 3.90. The Morgan fingerprint density at radius 2 is 1.87 bits per heavy atom. The van der Waals surface area contributed by atoms with Crippen LogP contribution in [0, 0.1) is 0 Å². The Morgan fingerprint density at radius 1 is 1.13 bits per heavy atom. The van der Waals surface area contributed by atoms with Crippen molar-refractivity contribution in [3.05, 3.63) is 70.3 Å². The number of benzene rings is 1. The first-order chi connectivity index (χ1) is 11.0. The van der Waals surface area contributed by atoms with E-state index in [0.29, 0.717) is 0 Å². The second-order valence-corrected chi connectivity index (χ2v) is 5.11. The van der Waals surface area contributed by atoms with Gasteiger partial charge in [0.25, 0.3) is 0 Å². The first kappa shape index (κ1) is 15.4. The van der Waals surface area contributed by atoms with Gasteiger partial charge < -0.3 is 0 Å². The number of nitrogens with one attached hydrogen (secondary N) is 1. The molecule has 0 fully saturated rings. The number of aromatic nitrogens is 5. The van der Waals surface area contributed by atoms with E-state index < -0.39 is 17.7 Å². The van der Waals surface area contributed by atoms with E-state index in [2.05, 4.69) is 25.6 Å². The molecular formula is C14H9ClF3N5. The van der Waals surface area contributed by atoms with Crippen LogP contribution in [0.5, 0.6) is 0 Å². The lowest BCUT2D eigenvalue weighted by molar-refractivity contribution is -0.137. The molecule has 3 rings (SSSR count). The fourth-order valence-corrected chi connectivity index (χ4v) is 2.46. The summed E-state index contributed by atoms with van der Waals surface area (Å²) in [6, 6.07) is 9.83. The van der Waals surface area contributed by atoms with Gasteiger partial charge in [-0.3, -0.25) is 4.98 Å². The molecule has 5 nitrogen and oxygen atoms in total. The number of hydrogen-bond donors (Lipinski definition) is 1. The molecule has 1 unspecified atom stereocenters. The number of nitrogens with zero attached hydrogens (tertiary/aromatic N) is 4. The molecule has 0 aliphatic carbocycles. The molecule has 23 heavy (non-hydrogen) atoms. The van der Waals surface area contributed by atoms with Gasteiger partial charge in [0.05, 0.1) is 22.2 Å². The number of pyridine rings is 1. The summed E-state index contributed by atoms with van der Waals surface area (Å²) in [5, 5.41) is 13.5. The largest absolute Gasteiger partial charge is 0.417 e. The summed E-state index contributed by atoms with van der Waals surface area (Å²) in [7, 11) is 0. The van der Waals surface area contributed by atoms with Crippen LogP contribution in [0.2, 0.25) is 5.02 Å². The van der Waals surface area contributed by atoms with Crippen molar-refractivity contribution < 1.29 is 13.2 Å². The van der Waals surface area contributed by atoms with Gasteiger partial charge >= 0.3 is 6.18 Å². The molecule has 1 N–H and O–H groups in total. The summed E-state index contributed by atoms with van der Waals surface area (Å²) < 4.78 is 38.3. The molecule has 0 spiro atoms. The summed E-state index contributed by atoms with van der Waals surface area (Å²) >= 11 is 6.05. The smallest absolute Gasteiger partial charge is 0.258 e. The minimum atomic E-state index is -4.51. The minimum Gasteiger partial charge on any atom is -0.258 e.